The van der Waals surface area contributed by atoms with Gasteiger partial charge in [0.1, 0.15) is 23.4 Å². The number of hydrogen-bond donors (Lipinski definition) is 1. The predicted molar refractivity (Wildman–Crippen MR) is 76.3 cm³/mol. The number of rotatable bonds is 3. The third-order valence-electron chi connectivity index (χ3n) is 2.58. The van der Waals surface area contributed by atoms with Crippen molar-refractivity contribution in [3.05, 3.63) is 46.2 Å². The minimum absolute atomic E-state index is 0.135. The van der Waals surface area contributed by atoms with E-state index in [9.17, 15) is 4.39 Å². The zero-order valence-corrected chi connectivity index (χ0v) is 12.1. The molecule has 0 saturated heterocycles. The van der Waals surface area contributed by atoms with Crippen molar-refractivity contribution in [1.29, 1.82) is 5.26 Å². The number of benzene rings is 2. The Bertz CT molecular complexity index is 698. The molecule has 0 aliphatic carbocycles. The van der Waals surface area contributed by atoms with Gasteiger partial charge in [0, 0.05) is 12.1 Å². The van der Waals surface area contributed by atoms with Gasteiger partial charge in [-0.3, -0.25) is 0 Å². The summed E-state index contributed by atoms with van der Waals surface area (Å²) >= 11 is 3.03. The molecule has 2 N–H and O–H groups in total. The topological polar surface area (TPSA) is 68.3 Å². The van der Waals surface area contributed by atoms with E-state index < -0.39 is 5.82 Å². The quantitative estimate of drug-likeness (QED) is 0.864. The average molecular weight is 337 g/mol. The molecule has 0 unspecified atom stereocenters. The zero-order chi connectivity index (χ0) is 14.7. The van der Waals surface area contributed by atoms with Crippen LogP contribution in [0.3, 0.4) is 0 Å². The van der Waals surface area contributed by atoms with Gasteiger partial charge in [-0.2, -0.15) is 5.26 Å². The zero-order valence-electron chi connectivity index (χ0n) is 10.5. The number of nitrogens with zero attached hydrogens (tertiary/aromatic N) is 1. The van der Waals surface area contributed by atoms with Gasteiger partial charge in [-0.05, 0) is 34.1 Å². The molecule has 0 aliphatic heterocycles. The van der Waals surface area contributed by atoms with Crippen molar-refractivity contribution < 1.29 is 13.9 Å². The fraction of sp³-hybridized carbons (Fsp3) is 0.0714. The molecule has 4 nitrogen and oxygen atoms in total. The van der Waals surface area contributed by atoms with Crippen LogP contribution in [0.4, 0.5) is 10.1 Å². The summed E-state index contributed by atoms with van der Waals surface area (Å²) in [4.78, 5) is 0. The molecule has 0 amide bonds. The number of methoxy groups -OCH3 is 1. The van der Waals surface area contributed by atoms with Gasteiger partial charge in [-0.1, -0.05) is 0 Å². The highest BCUT2D eigenvalue weighted by Gasteiger charge is 2.11. The predicted octanol–water partition coefficient (Wildman–Crippen LogP) is 3.84. The smallest absolute Gasteiger partial charge is 0.153 e. The maximum absolute atomic E-state index is 13.5. The Morgan fingerprint density at radius 1 is 1.25 bits per heavy atom. The molecular weight excluding hydrogens is 327 g/mol. The second kappa shape index (κ2) is 5.80. The average Bonchev–Trinajstić information content (AvgIpc) is 2.44. The van der Waals surface area contributed by atoms with Crippen LogP contribution < -0.4 is 15.2 Å². The normalized spacial score (nSPS) is 9.90. The summed E-state index contributed by atoms with van der Waals surface area (Å²) in [5.41, 5.74) is 6.32. The van der Waals surface area contributed by atoms with Gasteiger partial charge in [-0.25, -0.2) is 4.39 Å². The van der Waals surface area contributed by atoms with Crippen molar-refractivity contribution in [3.8, 4) is 23.3 Å². The Balaban J connectivity index is 2.44. The van der Waals surface area contributed by atoms with Crippen molar-refractivity contribution in [2.75, 3.05) is 12.8 Å². The van der Waals surface area contributed by atoms with Crippen LogP contribution in [-0.4, -0.2) is 7.11 Å². The summed E-state index contributed by atoms with van der Waals surface area (Å²) in [7, 11) is 1.50. The Morgan fingerprint density at radius 3 is 2.65 bits per heavy atom. The lowest BCUT2D eigenvalue weighted by atomic mass is 10.2. The van der Waals surface area contributed by atoms with Crippen LogP contribution in [0.1, 0.15) is 5.56 Å². The van der Waals surface area contributed by atoms with Crippen LogP contribution in [0.5, 0.6) is 17.2 Å². The van der Waals surface area contributed by atoms with Crippen molar-refractivity contribution in [2.45, 2.75) is 0 Å². The van der Waals surface area contributed by atoms with E-state index in [4.69, 9.17) is 20.5 Å². The van der Waals surface area contributed by atoms with E-state index in [1.807, 2.05) is 6.07 Å². The van der Waals surface area contributed by atoms with Crippen molar-refractivity contribution >= 4 is 21.6 Å². The minimum atomic E-state index is -0.504. The summed E-state index contributed by atoms with van der Waals surface area (Å²) in [6.45, 7) is 0. The first-order valence-electron chi connectivity index (χ1n) is 5.55. The molecule has 102 valence electrons. The van der Waals surface area contributed by atoms with Crippen molar-refractivity contribution in [3.63, 3.8) is 0 Å². The first-order chi connectivity index (χ1) is 9.55. The molecule has 0 fully saturated rings. The summed E-state index contributed by atoms with van der Waals surface area (Å²) in [6, 6.07) is 9.27. The lowest BCUT2D eigenvalue weighted by Gasteiger charge is -2.11. The van der Waals surface area contributed by atoms with Crippen molar-refractivity contribution in [2.24, 2.45) is 0 Å². The molecule has 0 heterocycles. The molecular formula is C14H10BrFN2O2. The molecule has 0 spiro atoms. The first-order valence-corrected chi connectivity index (χ1v) is 6.35. The molecule has 20 heavy (non-hydrogen) atoms. The summed E-state index contributed by atoms with van der Waals surface area (Å²) < 4.78 is 24.3. The SMILES string of the molecule is COc1ccc(C#N)c(Oc2cc(F)c(Br)cc2N)c1. The highest BCUT2D eigenvalue weighted by atomic mass is 79.9. The Kier molecular flexibility index (Phi) is 4.11. The van der Waals surface area contributed by atoms with E-state index in [0.29, 0.717) is 11.3 Å². The third-order valence-corrected chi connectivity index (χ3v) is 3.19. The molecule has 2 rings (SSSR count). The van der Waals surface area contributed by atoms with Crippen LogP contribution in [0.2, 0.25) is 0 Å². The first kappa shape index (κ1) is 14.2. The third kappa shape index (κ3) is 2.83. The fourth-order valence-electron chi connectivity index (χ4n) is 1.56. The number of nitriles is 1. The highest BCUT2D eigenvalue weighted by Crippen LogP contribution is 2.34. The molecule has 0 saturated carbocycles. The van der Waals surface area contributed by atoms with Gasteiger partial charge in [-0.15, -0.1) is 0 Å². The lowest BCUT2D eigenvalue weighted by molar-refractivity contribution is 0.408. The minimum Gasteiger partial charge on any atom is -0.497 e. The Hall–Kier alpha value is -2.26. The summed E-state index contributed by atoms with van der Waals surface area (Å²) in [5, 5.41) is 9.04. The van der Waals surface area contributed by atoms with Gasteiger partial charge in [0.05, 0.1) is 22.8 Å². The van der Waals surface area contributed by atoms with Gasteiger partial charge >= 0.3 is 0 Å². The van der Waals surface area contributed by atoms with Crippen LogP contribution in [-0.2, 0) is 0 Å². The van der Waals surface area contributed by atoms with E-state index in [-0.39, 0.29) is 21.7 Å². The van der Waals surface area contributed by atoms with Gasteiger partial charge in [0.2, 0.25) is 0 Å². The Morgan fingerprint density at radius 2 is 2.00 bits per heavy atom. The molecule has 0 atom stereocenters. The standard InChI is InChI=1S/C14H10BrFN2O2/c1-19-9-3-2-8(7-17)13(4-9)20-14-6-11(16)10(15)5-12(14)18/h2-6H,18H2,1H3. The van der Waals surface area contributed by atoms with E-state index in [1.54, 1.807) is 12.1 Å². The van der Waals surface area contributed by atoms with Crippen LogP contribution in [0.25, 0.3) is 0 Å². The number of anilines is 1. The number of nitrogen functional groups attached to an aromatic ring is 1. The van der Waals surface area contributed by atoms with Crippen LogP contribution >= 0.6 is 15.9 Å². The second-order valence-electron chi connectivity index (χ2n) is 3.88. The summed E-state index contributed by atoms with van der Waals surface area (Å²) in [6.07, 6.45) is 0. The second-order valence-corrected chi connectivity index (χ2v) is 4.73. The summed E-state index contributed by atoms with van der Waals surface area (Å²) in [5.74, 6) is 0.404. The van der Waals surface area contributed by atoms with E-state index in [2.05, 4.69) is 15.9 Å². The fourth-order valence-corrected chi connectivity index (χ4v) is 1.92. The maximum atomic E-state index is 13.5. The van der Waals surface area contributed by atoms with Gasteiger partial charge in [0.25, 0.3) is 0 Å². The molecule has 2 aromatic carbocycles. The van der Waals surface area contributed by atoms with Gasteiger partial charge in [0.15, 0.2) is 5.75 Å². The maximum Gasteiger partial charge on any atom is 0.153 e. The highest BCUT2D eigenvalue weighted by molar-refractivity contribution is 9.10. The monoisotopic (exact) mass is 336 g/mol. The number of ether oxygens (including phenoxy) is 2. The number of nitrogens with two attached hydrogens (primary N) is 1. The molecule has 0 aromatic heterocycles. The van der Waals surface area contributed by atoms with E-state index in [1.165, 1.54) is 19.2 Å². The Labute approximate surface area is 123 Å². The van der Waals surface area contributed by atoms with Crippen LogP contribution in [0, 0.1) is 17.1 Å². The molecule has 6 heteroatoms. The molecule has 2 aromatic rings. The molecule has 0 aliphatic rings. The van der Waals surface area contributed by atoms with Crippen molar-refractivity contribution in [1.82, 2.24) is 0 Å². The van der Waals surface area contributed by atoms with E-state index >= 15 is 0 Å². The molecule has 0 radical (unpaired) electrons. The lowest BCUT2D eigenvalue weighted by Crippen LogP contribution is -1.96. The van der Waals surface area contributed by atoms with Crippen LogP contribution in [0.15, 0.2) is 34.8 Å². The number of halogens is 2. The molecule has 0 bridgehead atoms. The number of hydrogen-bond acceptors (Lipinski definition) is 4. The van der Waals surface area contributed by atoms with E-state index in [0.717, 1.165) is 6.07 Å². The van der Waals surface area contributed by atoms with Gasteiger partial charge < -0.3 is 15.2 Å². The largest absolute Gasteiger partial charge is 0.497 e.